The molecule has 1 heterocycles. The van der Waals surface area contributed by atoms with E-state index >= 15 is 0 Å². The summed E-state index contributed by atoms with van der Waals surface area (Å²) in [6.07, 6.45) is 1.86. The van der Waals surface area contributed by atoms with Gasteiger partial charge in [-0.3, -0.25) is 0 Å². The number of hydrogen-bond acceptors (Lipinski definition) is 3. The molecular weight excluding hydrogens is 229 g/mol. The van der Waals surface area contributed by atoms with Gasteiger partial charge in [-0.1, -0.05) is 12.1 Å². The maximum Gasteiger partial charge on any atom is 0.126 e. The third-order valence-corrected chi connectivity index (χ3v) is 4.06. The molecule has 1 aromatic carbocycles. The Morgan fingerprint density at radius 3 is 2.78 bits per heavy atom. The number of halogens is 1. The van der Waals surface area contributed by atoms with E-state index in [-0.39, 0.29) is 5.82 Å². The molecule has 98 valence electrons. The van der Waals surface area contributed by atoms with E-state index in [1.165, 1.54) is 0 Å². The molecule has 2 aliphatic rings. The first-order chi connectivity index (χ1) is 8.74. The molecule has 1 atom stereocenters. The van der Waals surface area contributed by atoms with E-state index in [9.17, 15) is 4.39 Å². The molecule has 1 N–H and O–H groups in total. The van der Waals surface area contributed by atoms with Crippen LogP contribution in [0.25, 0.3) is 0 Å². The van der Waals surface area contributed by atoms with Crippen LogP contribution in [-0.4, -0.2) is 43.1 Å². The van der Waals surface area contributed by atoms with Crippen LogP contribution >= 0.6 is 0 Å². The van der Waals surface area contributed by atoms with Crippen molar-refractivity contribution in [2.75, 3.05) is 33.2 Å². The summed E-state index contributed by atoms with van der Waals surface area (Å²) in [5.41, 5.74) is 5.62. The summed E-state index contributed by atoms with van der Waals surface area (Å²) in [5.74, 6) is -0.0461. The number of nitrogens with zero attached hydrogens (tertiary/aromatic N) is 2. The molecular formula is C14H20FN3. The zero-order valence-corrected chi connectivity index (χ0v) is 10.8. The number of piperazine rings is 1. The van der Waals surface area contributed by atoms with Gasteiger partial charge >= 0.3 is 0 Å². The molecule has 0 bridgehead atoms. The average Bonchev–Trinajstić information content (AvgIpc) is 2.77. The van der Waals surface area contributed by atoms with Gasteiger partial charge in [0.1, 0.15) is 5.82 Å². The van der Waals surface area contributed by atoms with Gasteiger partial charge in [0.05, 0.1) is 0 Å². The second-order valence-corrected chi connectivity index (χ2v) is 5.32. The van der Waals surface area contributed by atoms with Crippen LogP contribution in [0, 0.1) is 5.82 Å². The predicted octanol–water partition coefficient (Wildman–Crippen LogP) is 1.56. The van der Waals surface area contributed by atoms with Gasteiger partial charge in [-0.15, -0.1) is 0 Å². The summed E-state index contributed by atoms with van der Waals surface area (Å²) >= 11 is 0. The van der Waals surface area contributed by atoms with E-state index in [1.807, 2.05) is 6.07 Å². The van der Waals surface area contributed by atoms with E-state index in [2.05, 4.69) is 28.4 Å². The molecule has 1 aliphatic carbocycles. The first-order valence-electron chi connectivity index (χ1n) is 6.71. The van der Waals surface area contributed by atoms with E-state index in [1.54, 1.807) is 6.07 Å². The number of hydrogen-bond donors (Lipinski definition) is 1. The van der Waals surface area contributed by atoms with Gasteiger partial charge in [0.25, 0.3) is 0 Å². The van der Waals surface area contributed by atoms with Crippen molar-refractivity contribution in [3.63, 3.8) is 0 Å². The van der Waals surface area contributed by atoms with Gasteiger partial charge in [0.2, 0.25) is 0 Å². The van der Waals surface area contributed by atoms with Crippen molar-refractivity contribution in [3.8, 4) is 0 Å². The molecule has 1 fully saturated rings. The second kappa shape index (κ2) is 4.96. The van der Waals surface area contributed by atoms with Gasteiger partial charge in [-0.05, 0) is 37.1 Å². The maximum atomic E-state index is 13.6. The van der Waals surface area contributed by atoms with Crippen molar-refractivity contribution >= 4 is 0 Å². The topological polar surface area (TPSA) is 18.5 Å². The predicted molar refractivity (Wildman–Crippen MR) is 69.7 cm³/mol. The summed E-state index contributed by atoms with van der Waals surface area (Å²) in [5, 5.41) is 2.28. The fourth-order valence-corrected chi connectivity index (χ4v) is 2.90. The Kier molecular flexibility index (Phi) is 3.33. The Labute approximate surface area is 108 Å². The third kappa shape index (κ3) is 2.28. The number of fused-ring (bicyclic) bond motifs is 1. The van der Waals surface area contributed by atoms with E-state index in [0.29, 0.717) is 6.04 Å². The zero-order chi connectivity index (χ0) is 12.5. The molecule has 0 saturated carbocycles. The lowest BCUT2D eigenvalue weighted by atomic mass is 10.1. The monoisotopic (exact) mass is 249 g/mol. The SMILES string of the molecule is CN1CCN(NC2CCc3c(F)cccc32)CC1. The number of benzene rings is 1. The highest BCUT2D eigenvalue weighted by Crippen LogP contribution is 2.32. The first kappa shape index (κ1) is 12.1. The summed E-state index contributed by atoms with van der Waals surface area (Å²) in [7, 11) is 2.15. The minimum atomic E-state index is -0.0461. The van der Waals surface area contributed by atoms with Crippen LogP contribution in [0.15, 0.2) is 18.2 Å². The normalized spacial score (nSPS) is 25.3. The molecule has 1 saturated heterocycles. The minimum absolute atomic E-state index is 0.0461. The lowest BCUT2D eigenvalue weighted by Gasteiger charge is -2.34. The first-order valence-corrected chi connectivity index (χ1v) is 6.71. The fraction of sp³-hybridized carbons (Fsp3) is 0.571. The molecule has 1 aromatic rings. The van der Waals surface area contributed by atoms with Crippen molar-refractivity contribution < 1.29 is 4.39 Å². The molecule has 18 heavy (non-hydrogen) atoms. The lowest BCUT2D eigenvalue weighted by molar-refractivity contribution is 0.0868. The lowest BCUT2D eigenvalue weighted by Crippen LogP contribution is -2.51. The summed E-state index contributed by atoms with van der Waals surface area (Å²) in [6.45, 7) is 4.26. The molecule has 3 nitrogen and oxygen atoms in total. The van der Waals surface area contributed by atoms with Crippen LogP contribution in [0.3, 0.4) is 0 Å². The number of rotatable bonds is 2. The van der Waals surface area contributed by atoms with Crippen LogP contribution < -0.4 is 5.43 Å². The number of nitrogens with one attached hydrogen (secondary N) is 1. The Bertz CT molecular complexity index is 427. The Balaban J connectivity index is 1.68. The summed E-state index contributed by atoms with van der Waals surface area (Å²) < 4.78 is 13.6. The van der Waals surface area contributed by atoms with Crippen LogP contribution in [0.1, 0.15) is 23.6 Å². The maximum absolute atomic E-state index is 13.6. The zero-order valence-electron chi connectivity index (χ0n) is 10.8. The highest BCUT2D eigenvalue weighted by molar-refractivity contribution is 5.35. The van der Waals surface area contributed by atoms with Crippen molar-refractivity contribution in [1.82, 2.24) is 15.3 Å². The van der Waals surface area contributed by atoms with Gasteiger partial charge < -0.3 is 4.90 Å². The summed E-state index contributed by atoms with van der Waals surface area (Å²) in [6, 6.07) is 5.73. The Morgan fingerprint density at radius 1 is 1.22 bits per heavy atom. The largest absolute Gasteiger partial charge is 0.304 e. The molecule has 0 aromatic heterocycles. The van der Waals surface area contributed by atoms with E-state index in [0.717, 1.165) is 50.1 Å². The highest BCUT2D eigenvalue weighted by atomic mass is 19.1. The van der Waals surface area contributed by atoms with Crippen molar-refractivity contribution in [2.24, 2.45) is 0 Å². The molecule has 1 aliphatic heterocycles. The second-order valence-electron chi connectivity index (χ2n) is 5.32. The van der Waals surface area contributed by atoms with Crippen LogP contribution in [-0.2, 0) is 6.42 Å². The van der Waals surface area contributed by atoms with Crippen molar-refractivity contribution in [1.29, 1.82) is 0 Å². The smallest absolute Gasteiger partial charge is 0.126 e. The van der Waals surface area contributed by atoms with Crippen molar-refractivity contribution in [2.45, 2.75) is 18.9 Å². The average molecular weight is 249 g/mol. The Hall–Kier alpha value is -0.970. The van der Waals surface area contributed by atoms with Gasteiger partial charge in [-0.25, -0.2) is 14.8 Å². The van der Waals surface area contributed by atoms with E-state index in [4.69, 9.17) is 0 Å². The minimum Gasteiger partial charge on any atom is -0.304 e. The molecule has 0 amide bonds. The standard InChI is InChI=1S/C14H20FN3/c1-17-7-9-18(10-8-17)16-14-6-5-11-12(14)3-2-4-13(11)15/h2-4,14,16H,5-10H2,1H3. The number of hydrazine groups is 1. The molecule has 4 heteroatoms. The van der Waals surface area contributed by atoms with Crippen LogP contribution in [0.2, 0.25) is 0 Å². The molecule has 0 radical (unpaired) electrons. The van der Waals surface area contributed by atoms with Gasteiger partial charge in [-0.2, -0.15) is 0 Å². The molecule has 3 rings (SSSR count). The molecule has 0 spiro atoms. The van der Waals surface area contributed by atoms with Crippen LogP contribution in [0.5, 0.6) is 0 Å². The van der Waals surface area contributed by atoms with Crippen LogP contribution in [0.4, 0.5) is 4.39 Å². The Morgan fingerprint density at radius 2 is 2.00 bits per heavy atom. The quantitative estimate of drug-likeness (QED) is 0.858. The van der Waals surface area contributed by atoms with Gasteiger partial charge in [0, 0.05) is 32.2 Å². The molecule has 1 unspecified atom stereocenters. The van der Waals surface area contributed by atoms with Gasteiger partial charge in [0.15, 0.2) is 0 Å². The number of likely N-dealkylation sites (N-methyl/N-ethyl adjacent to an activating group) is 1. The summed E-state index contributed by atoms with van der Waals surface area (Å²) in [4.78, 5) is 2.33. The fourth-order valence-electron chi connectivity index (χ4n) is 2.90. The third-order valence-electron chi connectivity index (χ3n) is 4.06. The highest BCUT2D eigenvalue weighted by Gasteiger charge is 2.26. The van der Waals surface area contributed by atoms with E-state index < -0.39 is 0 Å². The van der Waals surface area contributed by atoms with Crippen molar-refractivity contribution in [3.05, 3.63) is 35.1 Å².